The molecule has 2 aromatic carbocycles. The van der Waals surface area contributed by atoms with Crippen molar-refractivity contribution in [2.24, 2.45) is 4.99 Å². The number of aliphatic imine (C=N–C) groups is 1. The average molecular weight is 443 g/mol. The fourth-order valence-electron chi connectivity index (χ4n) is 3.54. The van der Waals surface area contributed by atoms with Gasteiger partial charge in [0.15, 0.2) is 17.5 Å². The van der Waals surface area contributed by atoms with Gasteiger partial charge >= 0.3 is 0 Å². The Balaban J connectivity index is 1.79. The fraction of sp³-hybridized carbons (Fsp3) is 0.480. The summed E-state index contributed by atoms with van der Waals surface area (Å²) >= 11 is 0. The number of rotatable bonds is 12. The number of hydrogen-bond acceptors (Lipinski definition) is 5. The van der Waals surface area contributed by atoms with Crippen molar-refractivity contribution in [1.29, 1.82) is 0 Å². The van der Waals surface area contributed by atoms with E-state index in [9.17, 15) is 0 Å². The first-order chi connectivity index (χ1) is 15.5. The van der Waals surface area contributed by atoms with Crippen LogP contribution < -0.4 is 24.8 Å². The standard InChI is InChI=1S/C25H38N4O3/c1-19(29(3)18-20-10-8-7-9-11-20)14-16-27-25(26-2)28-17-15-21-12-13-22(30-4)24(32-6)23(21)31-5/h7-13,19H,14-18H2,1-6H3,(H2,26,27,28). The molecule has 176 valence electrons. The molecule has 0 fully saturated rings. The molecule has 7 heteroatoms. The van der Waals surface area contributed by atoms with Gasteiger partial charge in [-0.2, -0.15) is 0 Å². The first-order valence-corrected chi connectivity index (χ1v) is 11.0. The molecular weight excluding hydrogens is 404 g/mol. The first kappa shape index (κ1) is 25.3. The Morgan fingerprint density at radius 2 is 1.62 bits per heavy atom. The number of ether oxygens (including phenoxy) is 3. The van der Waals surface area contributed by atoms with E-state index in [1.165, 1.54) is 5.56 Å². The van der Waals surface area contributed by atoms with Gasteiger partial charge in [-0.1, -0.05) is 36.4 Å². The maximum Gasteiger partial charge on any atom is 0.203 e. The van der Waals surface area contributed by atoms with E-state index in [0.717, 1.165) is 44.0 Å². The van der Waals surface area contributed by atoms with Crippen molar-refractivity contribution in [3.63, 3.8) is 0 Å². The summed E-state index contributed by atoms with van der Waals surface area (Å²) in [4.78, 5) is 6.71. The molecule has 1 unspecified atom stereocenters. The second kappa shape index (κ2) is 13.5. The lowest BCUT2D eigenvalue weighted by atomic mass is 10.1. The van der Waals surface area contributed by atoms with Gasteiger partial charge in [-0.3, -0.25) is 9.89 Å². The molecule has 0 saturated heterocycles. The maximum absolute atomic E-state index is 5.57. The summed E-state index contributed by atoms with van der Waals surface area (Å²) in [5.41, 5.74) is 2.38. The highest BCUT2D eigenvalue weighted by Gasteiger charge is 2.15. The van der Waals surface area contributed by atoms with Crippen LogP contribution in [-0.4, -0.2) is 65.4 Å². The highest BCUT2D eigenvalue weighted by Crippen LogP contribution is 2.39. The van der Waals surface area contributed by atoms with Crippen molar-refractivity contribution in [2.45, 2.75) is 32.4 Å². The average Bonchev–Trinajstić information content (AvgIpc) is 2.82. The fourth-order valence-corrected chi connectivity index (χ4v) is 3.54. The molecule has 0 spiro atoms. The van der Waals surface area contributed by atoms with E-state index in [2.05, 4.69) is 64.8 Å². The second-order valence-electron chi connectivity index (χ2n) is 7.71. The molecule has 32 heavy (non-hydrogen) atoms. The normalized spacial score (nSPS) is 12.4. The van der Waals surface area contributed by atoms with Crippen LogP contribution in [-0.2, 0) is 13.0 Å². The largest absolute Gasteiger partial charge is 0.493 e. The van der Waals surface area contributed by atoms with E-state index in [1.807, 2.05) is 12.1 Å². The summed E-state index contributed by atoms with van der Waals surface area (Å²) in [5.74, 6) is 2.77. The monoisotopic (exact) mass is 442 g/mol. The summed E-state index contributed by atoms with van der Waals surface area (Å²) in [7, 11) is 8.84. The van der Waals surface area contributed by atoms with Crippen molar-refractivity contribution < 1.29 is 14.2 Å². The van der Waals surface area contributed by atoms with E-state index in [-0.39, 0.29) is 0 Å². The van der Waals surface area contributed by atoms with Gasteiger partial charge < -0.3 is 24.8 Å². The molecule has 2 aromatic rings. The lowest BCUT2D eigenvalue weighted by Gasteiger charge is -2.25. The topological polar surface area (TPSA) is 67.4 Å². The number of nitrogens with zero attached hydrogens (tertiary/aromatic N) is 2. The van der Waals surface area contributed by atoms with E-state index >= 15 is 0 Å². The molecule has 0 aliphatic carbocycles. The number of methoxy groups -OCH3 is 3. The Kier molecular flexibility index (Phi) is 10.7. The van der Waals surface area contributed by atoms with Crippen LogP contribution in [0.4, 0.5) is 0 Å². The minimum Gasteiger partial charge on any atom is -0.493 e. The molecular formula is C25H38N4O3. The molecule has 0 radical (unpaired) electrons. The van der Waals surface area contributed by atoms with Crippen molar-refractivity contribution in [3.05, 3.63) is 53.6 Å². The Hall–Kier alpha value is -2.93. The van der Waals surface area contributed by atoms with E-state index in [1.54, 1.807) is 28.4 Å². The van der Waals surface area contributed by atoms with Crippen LogP contribution in [0.3, 0.4) is 0 Å². The molecule has 2 N–H and O–H groups in total. The van der Waals surface area contributed by atoms with Gasteiger partial charge in [-0.15, -0.1) is 0 Å². The Bertz CT molecular complexity index is 843. The van der Waals surface area contributed by atoms with E-state index < -0.39 is 0 Å². The number of guanidine groups is 1. The zero-order valence-electron chi connectivity index (χ0n) is 20.3. The van der Waals surface area contributed by atoms with Crippen molar-refractivity contribution in [1.82, 2.24) is 15.5 Å². The maximum atomic E-state index is 5.57. The third-order valence-electron chi connectivity index (χ3n) is 5.58. The zero-order valence-corrected chi connectivity index (χ0v) is 20.3. The minimum atomic E-state index is 0.455. The molecule has 0 aromatic heterocycles. The lowest BCUT2D eigenvalue weighted by molar-refractivity contribution is 0.238. The predicted molar refractivity (Wildman–Crippen MR) is 131 cm³/mol. The molecule has 0 aliphatic rings. The summed E-state index contributed by atoms with van der Waals surface area (Å²) < 4.78 is 16.4. The number of nitrogens with one attached hydrogen (secondary N) is 2. The van der Waals surface area contributed by atoms with Crippen molar-refractivity contribution in [2.75, 3.05) is 48.5 Å². The summed E-state index contributed by atoms with van der Waals surface area (Å²) in [6, 6.07) is 14.9. The zero-order chi connectivity index (χ0) is 23.3. The molecule has 7 nitrogen and oxygen atoms in total. The summed E-state index contributed by atoms with van der Waals surface area (Å²) in [6.45, 7) is 4.76. The SMILES string of the molecule is CN=C(NCCc1ccc(OC)c(OC)c1OC)NCCC(C)N(C)Cc1ccccc1. The molecule has 0 amide bonds. The van der Waals surface area contributed by atoms with E-state index in [4.69, 9.17) is 14.2 Å². The van der Waals surface area contributed by atoms with Gasteiger partial charge in [0.1, 0.15) is 0 Å². The van der Waals surface area contributed by atoms with Gasteiger partial charge in [-0.05, 0) is 38.4 Å². The number of hydrogen-bond donors (Lipinski definition) is 2. The Morgan fingerprint density at radius 1 is 0.938 bits per heavy atom. The van der Waals surface area contributed by atoms with Crippen LogP contribution in [0.5, 0.6) is 17.2 Å². The third-order valence-corrected chi connectivity index (χ3v) is 5.58. The smallest absolute Gasteiger partial charge is 0.203 e. The van der Waals surface area contributed by atoms with Crippen LogP contribution in [0.15, 0.2) is 47.5 Å². The van der Waals surface area contributed by atoms with Crippen LogP contribution in [0.25, 0.3) is 0 Å². The van der Waals surface area contributed by atoms with Crippen LogP contribution in [0.2, 0.25) is 0 Å². The van der Waals surface area contributed by atoms with Gasteiger partial charge in [0.2, 0.25) is 5.75 Å². The second-order valence-corrected chi connectivity index (χ2v) is 7.71. The first-order valence-electron chi connectivity index (χ1n) is 11.0. The minimum absolute atomic E-state index is 0.455. The molecule has 0 bridgehead atoms. The lowest BCUT2D eigenvalue weighted by Crippen LogP contribution is -2.40. The Morgan fingerprint density at radius 3 is 2.25 bits per heavy atom. The van der Waals surface area contributed by atoms with Gasteiger partial charge in [-0.25, -0.2) is 0 Å². The van der Waals surface area contributed by atoms with Crippen molar-refractivity contribution in [3.8, 4) is 17.2 Å². The van der Waals surface area contributed by atoms with Crippen molar-refractivity contribution >= 4 is 5.96 Å². The van der Waals surface area contributed by atoms with Gasteiger partial charge in [0, 0.05) is 38.3 Å². The van der Waals surface area contributed by atoms with Gasteiger partial charge in [0.25, 0.3) is 0 Å². The Labute approximate surface area is 192 Å². The summed E-state index contributed by atoms with van der Waals surface area (Å²) in [5, 5.41) is 6.79. The van der Waals surface area contributed by atoms with Crippen LogP contribution in [0.1, 0.15) is 24.5 Å². The van der Waals surface area contributed by atoms with E-state index in [0.29, 0.717) is 23.3 Å². The molecule has 0 aliphatic heterocycles. The molecule has 0 saturated carbocycles. The predicted octanol–water partition coefficient (Wildman–Crippen LogP) is 3.33. The number of benzene rings is 2. The summed E-state index contributed by atoms with van der Waals surface area (Å²) in [6.07, 6.45) is 1.79. The third kappa shape index (κ3) is 7.34. The van der Waals surface area contributed by atoms with Crippen LogP contribution in [0, 0.1) is 0 Å². The quantitative estimate of drug-likeness (QED) is 0.388. The molecule has 1 atom stereocenters. The van der Waals surface area contributed by atoms with Gasteiger partial charge in [0.05, 0.1) is 21.3 Å². The highest BCUT2D eigenvalue weighted by atomic mass is 16.5. The van der Waals surface area contributed by atoms with Crippen LogP contribution >= 0.6 is 0 Å². The highest BCUT2D eigenvalue weighted by molar-refractivity contribution is 5.79. The molecule has 2 rings (SSSR count). The molecule has 0 heterocycles.